The summed E-state index contributed by atoms with van der Waals surface area (Å²) in [4.78, 5) is 2.67. The molecule has 2 aromatic carbocycles. The summed E-state index contributed by atoms with van der Waals surface area (Å²) in [6.07, 6.45) is 2.22. The highest BCUT2D eigenvalue weighted by atomic mass is 16.5. The quantitative estimate of drug-likeness (QED) is 0.677. The highest BCUT2D eigenvalue weighted by Crippen LogP contribution is 2.32. The van der Waals surface area contributed by atoms with E-state index in [1.165, 1.54) is 16.7 Å². The molecule has 0 fully saturated rings. The van der Waals surface area contributed by atoms with Crippen LogP contribution in [0.5, 0.6) is 5.75 Å². The fraction of sp³-hybridized carbons (Fsp3) is 0.391. The summed E-state index contributed by atoms with van der Waals surface area (Å²) >= 11 is 0. The topological polar surface area (TPSA) is 12.5 Å². The Morgan fingerprint density at radius 3 is 2.32 bits per heavy atom. The lowest BCUT2D eigenvalue weighted by molar-refractivity contribution is 0.144. The molecular weight excluding hydrogens is 306 g/mol. The third kappa shape index (κ3) is 4.13. The molecule has 2 nitrogen and oxygen atoms in total. The van der Waals surface area contributed by atoms with Gasteiger partial charge in [0, 0.05) is 18.6 Å². The number of methoxy groups -OCH3 is 1. The maximum absolute atomic E-state index is 5.29. The van der Waals surface area contributed by atoms with Crippen molar-refractivity contribution in [2.24, 2.45) is 0 Å². The monoisotopic (exact) mass is 335 g/mol. The zero-order chi connectivity index (χ0) is 17.8. The maximum Gasteiger partial charge on any atom is 0.118 e. The summed E-state index contributed by atoms with van der Waals surface area (Å²) < 4.78 is 5.29. The van der Waals surface area contributed by atoms with E-state index in [1.807, 2.05) is 0 Å². The molecule has 2 aromatic rings. The lowest BCUT2D eigenvalue weighted by Gasteiger charge is -2.41. The average molecular weight is 335 g/mol. The zero-order valence-corrected chi connectivity index (χ0v) is 15.8. The van der Waals surface area contributed by atoms with Crippen LogP contribution in [0.4, 0.5) is 0 Å². The van der Waals surface area contributed by atoms with E-state index in [0.29, 0.717) is 12.1 Å². The van der Waals surface area contributed by atoms with Crippen molar-refractivity contribution in [3.8, 4) is 5.75 Å². The molecule has 0 saturated carbocycles. The van der Waals surface area contributed by atoms with E-state index < -0.39 is 0 Å². The Hall–Kier alpha value is -2.06. The molecule has 132 valence electrons. The van der Waals surface area contributed by atoms with Crippen LogP contribution in [-0.4, -0.2) is 24.6 Å². The van der Waals surface area contributed by atoms with Crippen LogP contribution in [0.25, 0.3) is 0 Å². The van der Waals surface area contributed by atoms with Crippen molar-refractivity contribution < 1.29 is 4.74 Å². The lowest BCUT2D eigenvalue weighted by Crippen LogP contribution is -2.43. The van der Waals surface area contributed by atoms with Gasteiger partial charge in [0.05, 0.1) is 7.11 Å². The Morgan fingerprint density at radius 1 is 1.00 bits per heavy atom. The molecule has 1 aliphatic heterocycles. The van der Waals surface area contributed by atoms with Gasteiger partial charge in [0.15, 0.2) is 0 Å². The summed E-state index contributed by atoms with van der Waals surface area (Å²) in [7, 11) is 1.72. The molecule has 2 atom stereocenters. The van der Waals surface area contributed by atoms with E-state index in [0.717, 1.165) is 25.1 Å². The van der Waals surface area contributed by atoms with E-state index in [9.17, 15) is 0 Å². The Labute approximate surface area is 152 Å². The van der Waals surface area contributed by atoms with Crippen LogP contribution in [0.3, 0.4) is 0 Å². The summed E-state index contributed by atoms with van der Waals surface area (Å²) in [5.74, 6) is 0.925. The van der Waals surface area contributed by atoms with Crippen LogP contribution in [0.2, 0.25) is 0 Å². The predicted octanol–water partition coefficient (Wildman–Crippen LogP) is 5.41. The van der Waals surface area contributed by atoms with Gasteiger partial charge in [-0.05, 0) is 56.9 Å². The molecule has 0 N–H and O–H groups in total. The van der Waals surface area contributed by atoms with Crippen molar-refractivity contribution in [3.63, 3.8) is 0 Å². The minimum Gasteiger partial charge on any atom is -0.497 e. The number of hydrogen-bond acceptors (Lipinski definition) is 2. The second-order valence-corrected chi connectivity index (χ2v) is 7.23. The van der Waals surface area contributed by atoms with Gasteiger partial charge in [-0.25, -0.2) is 0 Å². The summed E-state index contributed by atoms with van der Waals surface area (Å²) in [6, 6.07) is 20.4. The summed E-state index contributed by atoms with van der Waals surface area (Å²) in [6.45, 7) is 7.97. The third-order valence-corrected chi connectivity index (χ3v) is 5.57. The van der Waals surface area contributed by atoms with Gasteiger partial charge in [-0.1, -0.05) is 53.6 Å². The van der Waals surface area contributed by atoms with Gasteiger partial charge < -0.3 is 4.74 Å². The second-order valence-electron chi connectivity index (χ2n) is 7.23. The highest BCUT2D eigenvalue weighted by molar-refractivity contribution is 5.29. The standard InChI is InChI=1S/C23H29NO/c1-17-14-22(15-20-10-12-23(25-4)13-11-20)24(16-18(17)2)19(3)21-8-6-5-7-9-21/h5-13,19,22H,14-16H2,1-4H3/t19-,22-/m1/s1. The average Bonchev–Trinajstić information content (AvgIpc) is 2.65. The van der Waals surface area contributed by atoms with Crippen LogP contribution in [0, 0.1) is 0 Å². The van der Waals surface area contributed by atoms with Crippen LogP contribution in [0.15, 0.2) is 65.7 Å². The minimum absolute atomic E-state index is 0.424. The first-order chi connectivity index (χ1) is 12.1. The Kier molecular flexibility index (Phi) is 5.60. The van der Waals surface area contributed by atoms with E-state index in [4.69, 9.17) is 4.74 Å². The lowest BCUT2D eigenvalue weighted by atomic mass is 9.89. The van der Waals surface area contributed by atoms with E-state index in [1.54, 1.807) is 12.7 Å². The first-order valence-electron chi connectivity index (χ1n) is 9.17. The van der Waals surface area contributed by atoms with Gasteiger partial charge in [0.2, 0.25) is 0 Å². The summed E-state index contributed by atoms with van der Waals surface area (Å²) in [5.41, 5.74) is 5.85. The molecule has 0 aromatic heterocycles. The number of rotatable bonds is 5. The van der Waals surface area contributed by atoms with Crippen molar-refractivity contribution in [1.29, 1.82) is 0 Å². The van der Waals surface area contributed by atoms with E-state index >= 15 is 0 Å². The van der Waals surface area contributed by atoms with Gasteiger partial charge >= 0.3 is 0 Å². The summed E-state index contributed by atoms with van der Waals surface area (Å²) in [5, 5.41) is 0. The van der Waals surface area contributed by atoms with Crippen molar-refractivity contribution in [1.82, 2.24) is 4.90 Å². The second kappa shape index (κ2) is 7.88. The molecular formula is C23H29NO. The number of benzene rings is 2. The minimum atomic E-state index is 0.424. The van der Waals surface area contributed by atoms with Gasteiger partial charge in [-0.3, -0.25) is 4.90 Å². The third-order valence-electron chi connectivity index (χ3n) is 5.57. The normalized spacial score (nSPS) is 19.8. The molecule has 2 heteroatoms. The van der Waals surface area contributed by atoms with Crippen molar-refractivity contribution in [2.75, 3.05) is 13.7 Å². The van der Waals surface area contributed by atoms with Crippen molar-refractivity contribution >= 4 is 0 Å². The van der Waals surface area contributed by atoms with Gasteiger partial charge in [0.1, 0.15) is 5.75 Å². The molecule has 0 radical (unpaired) electrons. The van der Waals surface area contributed by atoms with E-state index in [-0.39, 0.29) is 0 Å². The maximum atomic E-state index is 5.29. The van der Waals surface area contributed by atoms with Gasteiger partial charge in [0.25, 0.3) is 0 Å². The smallest absolute Gasteiger partial charge is 0.118 e. The number of nitrogens with zero attached hydrogens (tertiary/aromatic N) is 1. The zero-order valence-electron chi connectivity index (χ0n) is 15.8. The molecule has 0 spiro atoms. The molecule has 1 heterocycles. The molecule has 3 rings (SSSR count). The van der Waals surface area contributed by atoms with Crippen LogP contribution in [-0.2, 0) is 6.42 Å². The molecule has 1 aliphatic rings. The molecule has 0 unspecified atom stereocenters. The van der Waals surface area contributed by atoms with E-state index in [2.05, 4.69) is 80.3 Å². The Bertz CT molecular complexity index is 718. The Balaban J connectivity index is 1.83. The molecule has 25 heavy (non-hydrogen) atoms. The first-order valence-corrected chi connectivity index (χ1v) is 9.17. The molecule has 0 saturated heterocycles. The van der Waals surface area contributed by atoms with Gasteiger partial charge in [-0.2, -0.15) is 0 Å². The van der Waals surface area contributed by atoms with Crippen molar-refractivity contribution in [2.45, 2.75) is 45.7 Å². The van der Waals surface area contributed by atoms with Crippen LogP contribution >= 0.6 is 0 Å². The first kappa shape index (κ1) is 17.8. The fourth-order valence-corrected chi connectivity index (χ4v) is 3.78. The number of ether oxygens (including phenoxy) is 1. The SMILES string of the molecule is COc1ccc(C[C@H]2CC(C)=C(C)CN2[C@H](C)c2ccccc2)cc1. The largest absolute Gasteiger partial charge is 0.497 e. The molecule has 0 bridgehead atoms. The van der Waals surface area contributed by atoms with Gasteiger partial charge in [-0.15, -0.1) is 0 Å². The van der Waals surface area contributed by atoms with Crippen molar-refractivity contribution in [3.05, 3.63) is 76.9 Å². The highest BCUT2D eigenvalue weighted by Gasteiger charge is 2.29. The molecule has 0 aliphatic carbocycles. The number of hydrogen-bond donors (Lipinski definition) is 0. The van der Waals surface area contributed by atoms with Crippen LogP contribution < -0.4 is 4.74 Å². The molecule has 0 amide bonds. The fourth-order valence-electron chi connectivity index (χ4n) is 3.78. The predicted molar refractivity (Wildman–Crippen MR) is 105 cm³/mol. The Morgan fingerprint density at radius 2 is 1.68 bits per heavy atom. The van der Waals surface area contributed by atoms with Crippen LogP contribution in [0.1, 0.15) is 44.4 Å².